The smallest absolute Gasteiger partial charge is 0.249 e. The minimum absolute atomic E-state index is 0.314. The zero-order chi connectivity index (χ0) is 19.4. The molecule has 0 aliphatic rings. The number of anilines is 4. The Bertz CT molecular complexity index is 945. The monoisotopic (exact) mass is 385 g/mol. The van der Waals surface area contributed by atoms with Gasteiger partial charge in [0, 0.05) is 17.8 Å². The molecule has 0 amide bonds. The van der Waals surface area contributed by atoms with Crippen LogP contribution in [-0.4, -0.2) is 29.4 Å². The van der Waals surface area contributed by atoms with Gasteiger partial charge in [0.2, 0.25) is 5.95 Å². The summed E-state index contributed by atoms with van der Waals surface area (Å²) in [6.45, 7) is 4.07. The molecule has 0 bridgehead atoms. The standard InChI is InChI=1S/C19H20ClN5O2/c1-11-6-5-7-12(2)18(11)23-17-10-21-25-19(24-17)22-14-9-15(26-3)13(20)8-16(14)27-4/h5-10H,1-4H3,(H2,22,23,24,25). The second-order valence-electron chi connectivity index (χ2n) is 5.87. The van der Waals surface area contributed by atoms with E-state index in [9.17, 15) is 0 Å². The van der Waals surface area contributed by atoms with Crippen molar-refractivity contribution in [2.75, 3.05) is 24.9 Å². The molecule has 27 heavy (non-hydrogen) atoms. The van der Waals surface area contributed by atoms with Crippen LogP contribution in [0, 0.1) is 13.8 Å². The van der Waals surface area contributed by atoms with Gasteiger partial charge >= 0.3 is 0 Å². The van der Waals surface area contributed by atoms with E-state index in [1.54, 1.807) is 32.5 Å². The van der Waals surface area contributed by atoms with Crippen LogP contribution >= 0.6 is 11.6 Å². The highest BCUT2D eigenvalue weighted by atomic mass is 35.5. The quantitative estimate of drug-likeness (QED) is 0.639. The molecule has 140 valence electrons. The van der Waals surface area contributed by atoms with Gasteiger partial charge in [-0.1, -0.05) is 29.8 Å². The SMILES string of the molecule is COc1cc(Nc2nncc(Nc3c(C)cccc3C)n2)c(OC)cc1Cl. The maximum atomic E-state index is 6.14. The molecule has 0 atom stereocenters. The van der Waals surface area contributed by atoms with Gasteiger partial charge in [-0.2, -0.15) is 10.1 Å². The number of rotatable bonds is 6. The van der Waals surface area contributed by atoms with Crippen LogP contribution in [0.5, 0.6) is 11.5 Å². The van der Waals surface area contributed by atoms with E-state index in [4.69, 9.17) is 21.1 Å². The maximum Gasteiger partial charge on any atom is 0.249 e. The molecule has 3 rings (SSSR count). The van der Waals surface area contributed by atoms with Crippen molar-refractivity contribution in [2.45, 2.75) is 13.8 Å². The molecule has 0 spiro atoms. The van der Waals surface area contributed by atoms with Crippen LogP contribution in [0.1, 0.15) is 11.1 Å². The maximum absolute atomic E-state index is 6.14. The number of ether oxygens (including phenoxy) is 2. The van der Waals surface area contributed by atoms with Crippen molar-refractivity contribution in [3.05, 3.63) is 52.7 Å². The summed E-state index contributed by atoms with van der Waals surface area (Å²) in [5.74, 6) is 1.94. The summed E-state index contributed by atoms with van der Waals surface area (Å²) >= 11 is 6.14. The predicted molar refractivity (Wildman–Crippen MR) is 107 cm³/mol. The van der Waals surface area contributed by atoms with Crippen molar-refractivity contribution in [3.8, 4) is 11.5 Å². The van der Waals surface area contributed by atoms with E-state index in [2.05, 4.69) is 25.8 Å². The molecule has 0 aliphatic heterocycles. The lowest BCUT2D eigenvalue weighted by molar-refractivity contribution is 0.405. The molecule has 3 aromatic rings. The van der Waals surface area contributed by atoms with Crippen LogP contribution in [0.2, 0.25) is 5.02 Å². The molecule has 0 saturated heterocycles. The lowest BCUT2D eigenvalue weighted by atomic mass is 10.1. The van der Waals surface area contributed by atoms with Crippen LogP contribution in [-0.2, 0) is 0 Å². The number of hydrogen-bond donors (Lipinski definition) is 2. The molecule has 1 aromatic heterocycles. The Morgan fingerprint density at radius 2 is 1.67 bits per heavy atom. The first-order valence-corrected chi connectivity index (χ1v) is 8.61. The molecular weight excluding hydrogens is 366 g/mol. The van der Waals surface area contributed by atoms with Gasteiger partial charge in [0.25, 0.3) is 0 Å². The predicted octanol–water partition coefficient (Wildman–Crippen LogP) is 4.65. The number of hydrogen-bond acceptors (Lipinski definition) is 7. The molecule has 1 heterocycles. The Kier molecular flexibility index (Phi) is 5.61. The molecule has 0 saturated carbocycles. The fourth-order valence-electron chi connectivity index (χ4n) is 2.64. The Morgan fingerprint density at radius 1 is 0.963 bits per heavy atom. The molecular formula is C19H20ClN5O2. The van der Waals surface area contributed by atoms with E-state index in [-0.39, 0.29) is 0 Å². The number of para-hydroxylation sites is 1. The Labute approximate surface area is 162 Å². The van der Waals surface area contributed by atoms with Crippen LogP contribution in [0.3, 0.4) is 0 Å². The molecule has 7 nitrogen and oxygen atoms in total. The Hall–Kier alpha value is -3.06. The Balaban J connectivity index is 1.89. The second kappa shape index (κ2) is 8.09. The summed E-state index contributed by atoms with van der Waals surface area (Å²) in [4.78, 5) is 4.47. The molecule has 0 fully saturated rings. The van der Waals surface area contributed by atoms with Gasteiger partial charge in [-0.05, 0) is 25.0 Å². The third-order valence-corrected chi connectivity index (χ3v) is 4.31. The Morgan fingerprint density at radius 3 is 2.33 bits per heavy atom. The van der Waals surface area contributed by atoms with E-state index >= 15 is 0 Å². The highest BCUT2D eigenvalue weighted by Crippen LogP contribution is 2.37. The van der Waals surface area contributed by atoms with E-state index in [0.29, 0.717) is 34.0 Å². The minimum Gasteiger partial charge on any atom is -0.495 e. The fourth-order valence-corrected chi connectivity index (χ4v) is 2.87. The summed E-state index contributed by atoms with van der Waals surface area (Å²) in [5.41, 5.74) is 3.85. The molecule has 8 heteroatoms. The fraction of sp³-hybridized carbons (Fsp3) is 0.211. The van der Waals surface area contributed by atoms with Crippen molar-refractivity contribution in [2.24, 2.45) is 0 Å². The van der Waals surface area contributed by atoms with Gasteiger partial charge in [-0.25, -0.2) is 0 Å². The zero-order valence-corrected chi connectivity index (χ0v) is 16.3. The summed E-state index contributed by atoms with van der Waals surface area (Å²) in [7, 11) is 3.10. The molecule has 2 N–H and O–H groups in total. The van der Waals surface area contributed by atoms with Crippen molar-refractivity contribution < 1.29 is 9.47 Å². The van der Waals surface area contributed by atoms with Gasteiger partial charge in [0.05, 0.1) is 31.1 Å². The normalized spacial score (nSPS) is 10.4. The largest absolute Gasteiger partial charge is 0.495 e. The lowest BCUT2D eigenvalue weighted by Gasteiger charge is -2.14. The van der Waals surface area contributed by atoms with Gasteiger partial charge in [0.15, 0.2) is 5.82 Å². The van der Waals surface area contributed by atoms with E-state index in [1.807, 2.05) is 32.0 Å². The molecule has 0 radical (unpaired) electrons. The van der Waals surface area contributed by atoms with Crippen molar-refractivity contribution in [1.82, 2.24) is 15.2 Å². The van der Waals surface area contributed by atoms with Crippen molar-refractivity contribution in [3.63, 3.8) is 0 Å². The number of nitrogens with one attached hydrogen (secondary N) is 2. The van der Waals surface area contributed by atoms with Crippen LogP contribution in [0.15, 0.2) is 36.5 Å². The zero-order valence-electron chi connectivity index (χ0n) is 15.5. The van der Waals surface area contributed by atoms with E-state index < -0.39 is 0 Å². The first kappa shape index (κ1) is 18.7. The lowest BCUT2D eigenvalue weighted by Crippen LogP contribution is -2.05. The highest BCUT2D eigenvalue weighted by Gasteiger charge is 2.12. The number of aryl methyl sites for hydroxylation is 2. The number of halogens is 1. The average molecular weight is 386 g/mol. The van der Waals surface area contributed by atoms with E-state index in [1.165, 1.54) is 0 Å². The highest BCUT2D eigenvalue weighted by molar-refractivity contribution is 6.32. The van der Waals surface area contributed by atoms with Gasteiger partial charge in [-0.3, -0.25) is 0 Å². The van der Waals surface area contributed by atoms with Crippen molar-refractivity contribution in [1.29, 1.82) is 0 Å². The van der Waals surface area contributed by atoms with E-state index in [0.717, 1.165) is 16.8 Å². The van der Waals surface area contributed by atoms with Gasteiger partial charge < -0.3 is 20.1 Å². The molecule has 2 aromatic carbocycles. The number of methoxy groups -OCH3 is 2. The van der Waals surface area contributed by atoms with Crippen LogP contribution < -0.4 is 20.1 Å². The summed E-state index contributed by atoms with van der Waals surface area (Å²) in [5, 5.41) is 14.9. The minimum atomic E-state index is 0.314. The summed E-state index contributed by atoms with van der Waals surface area (Å²) in [6.07, 6.45) is 1.57. The summed E-state index contributed by atoms with van der Waals surface area (Å²) in [6, 6.07) is 9.47. The number of nitrogens with zero attached hydrogens (tertiary/aromatic N) is 3. The molecule has 0 unspecified atom stereocenters. The number of benzene rings is 2. The first-order chi connectivity index (χ1) is 13.0. The number of aromatic nitrogens is 3. The van der Waals surface area contributed by atoms with Crippen LogP contribution in [0.4, 0.5) is 23.1 Å². The third-order valence-electron chi connectivity index (χ3n) is 4.01. The van der Waals surface area contributed by atoms with Gasteiger partial charge in [-0.15, -0.1) is 5.10 Å². The average Bonchev–Trinajstić information content (AvgIpc) is 2.66. The first-order valence-electron chi connectivity index (χ1n) is 8.23. The van der Waals surface area contributed by atoms with Crippen molar-refractivity contribution >= 4 is 34.7 Å². The van der Waals surface area contributed by atoms with Gasteiger partial charge in [0.1, 0.15) is 11.5 Å². The third kappa shape index (κ3) is 4.20. The topological polar surface area (TPSA) is 81.2 Å². The second-order valence-corrected chi connectivity index (χ2v) is 6.28. The molecule has 0 aliphatic carbocycles. The van der Waals surface area contributed by atoms with Crippen LogP contribution in [0.25, 0.3) is 0 Å². The summed E-state index contributed by atoms with van der Waals surface area (Å²) < 4.78 is 10.6.